The summed E-state index contributed by atoms with van der Waals surface area (Å²) in [6.45, 7) is 3.85. The van der Waals surface area contributed by atoms with Crippen molar-refractivity contribution in [1.82, 2.24) is 9.97 Å². The van der Waals surface area contributed by atoms with Gasteiger partial charge in [-0.25, -0.2) is 4.98 Å². The van der Waals surface area contributed by atoms with E-state index in [1.54, 1.807) is 13.1 Å². The summed E-state index contributed by atoms with van der Waals surface area (Å²) in [5, 5.41) is 9.67. The molecule has 0 aliphatic carbocycles. The first-order valence-corrected chi connectivity index (χ1v) is 5.62. The zero-order valence-corrected chi connectivity index (χ0v) is 9.59. The molecule has 1 aromatic heterocycles. The Labute approximate surface area is 95.2 Å². The van der Waals surface area contributed by atoms with Gasteiger partial charge in [0.05, 0.1) is 22.8 Å². The first kappa shape index (κ1) is 11.0. The number of benzene rings is 1. The molecule has 1 heterocycles. The van der Waals surface area contributed by atoms with E-state index in [4.69, 9.17) is 0 Å². The van der Waals surface area contributed by atoms with Gasteiger partial charge in [0.15, 0.2) is 0 Å². The van der Waals surface area contributed by atoms with Crippen LogP contribution in [0.5, 0.6) is 0 Å². The Morgan fingerprint density at radius 2 is 1.94 bits per heavy atom. The smallest absolute Gasteiger partial charge is 0.0890 e. The van der Waals surface area contributed by atoms with Gasteiger partial charge in [0.25, 0.3) is 0 Å². The molecule has 1 aromatic carbocycles. The van der Waals surface area contributed by atoms with E-state index in [0.717, 1.165) is 23.1 Å². The van der Waals surface area contributed by atoms with Crippen molar-refractivity contribution in [3.8, 4) is 0 Å². The third kappa shape index (κ3) is 2.04. The maximum Gasteiger partial charge on any atom is 0.0890 e. The molecule has 0 aliphatic heterocycles. The van der Waals surface area contributed by atoms with Gasteiger partial charge in [-0.05, 0) is 25.5 Å². The average Bonchev–Trinajstić information content (AvgIpc) is 2.29. The molecule has 84 valence electrons. The third-order valence-corrected chi connectivity index (χ3v) is 2.87. The minimum absolute atomic E-state index is 0.0668. The maximum absolute atomic E-state index is 9.67. The molecule has 0 aliphatic rings. The van der Waals surface area contributed by atoms with Crippen LogP contribution in [0, 0.1) is 0 Å². The van der Waals surface area contributed by atoms with Crippen LogP contribution in [0.15, 0.2) is 30.5 Å². The van der Waals surface area contributed by atoms with Crippen LogP contribution < -0.4 is 0 Å². The number of hydrogen-bond acceptors (Lipinski definition) is 3. The van der Waals surface area contributed by atoms with E-state index in [0.29, 0.717) is 0 Å². The van der Waals surface area contributed by atoms with E-state index in [-0.39, 0.29) is 12.0 Å². The topological polar surface area (TPSA) is 46.0 Å². The Morgan fingerprint density at radius 1 is 1.25 bits per heavy atom. The van der Waals surface area contributed by atoms with Crippen LogP contribution in [0.2, 0.25) is 0 Å². The van der Waals surface area contributed by atoms with Gasteiger partial charge in [-0.15, -0.1) is 0 Å². The SMILES string of the molecule is CCC(c1cnc2ccccc2n1)C(C)O. The lowest BCUT2D eigenvalue weighted by molar-refractivity contribution is 0.158. The molecule has 2 rings (SSSR count). The largest absolute Gasteiger partial charge is 0.393 e. The van der Waals surface area contributed by atoms with E-state index >= 15 is 0 Å². The molecule has 2 unspecified atom stereocenters. The maximum atomic E-state index is 9.67. The van der Waals surface area contributed by atoms with Crippen LogP contribution in [0.25, 0.3) is 11.0 Å². The predicted octanol–water partition coefficient (Wildman–Crippen LogP) is 2.50. The van der Waals surface area contributed by atoms with E-state index in [1.807, 2.05) is 31.2 Å². The van der Waals surface area contributed by atoms with E-state index in [1.165, 1.54) is 0 Å². The summed E-state index contributed by atoms with van der Waals surface area (Å²) < 4.78 is 0. The van der Waals surface area contributed by atoms with E-state index in [9.17, 15) is 5.11 Å². The molecule has 0 fully saturated rings. The fourth-order valence-corrected chi connectivity index (χ4v) is 1.95. The molecule has 0 saturated carbocycles. The summed E-state index contributed by atoms with van der Waals surface area (Å²) in [6, 6.07) is 7.78. The van der Waals surface area contributed by atoms with Gasteiger partial charge < -0.3 is 5.11 Å². The van der Waals surface area contributed by atoms with E-state index in [2.05, 4.69) is 9.97 Å². The van der Waals surface area contributed by atoms with Crippen molar-refractivity contribution >= 4 is 11.0 Å². The highest BCUT2D eigenvalue weighted by molar-refractivity contribution is 5.73. The fraction of sp³-hybridized carbons (Fsp3) is 0.385. The van der Waals surface area contributed by atoms with Crippen LogP contribution in [0.1, 0.15) is 31.9 Å². The molecule has 0 spiro atoms. The fourth-order valence-electron chi connectivity index (χ4n) is 1.95. The second kappa shape index (κ2) is 4.58. The van der Waals surface area contributed by atoms with Crippen LogP contribution in [-0.2, 0) is 0 Å². The number of nitrogens with zero attached hydrogens (tertiary/aromatic N) is 2. The highest BCUT2D eigenvalue weighted by Crippen LogP contribution is 2.22. The second-order valence-electron chi connectivity index (χ2n) is 4.04. The van der Waals surface area contributed by atoms with Gasteiger partial charge in [-0.2, -0.15) is 0 Å². The zero-order valence-electron chi connectivity index (χ0n) is 9.59. The number of fused-ring (bicyclic) bond motifs is 1. The lowest BCUT2D eigenvalue weighted by Gasteiger charge is -2.17. The molecule has 3 heteroatoms. The third-order valence-electron chi connectivity index (χ3n) is 2.87. The molecule has 0 bridgehead atoms. The van der Waals surface area contributed by atoms with Crippen molar-refractivity contribution in [2.75, 3.05) is 0 Å². The van der Waals surface area contributed by atoms with Crippen molar-refractivity contribution in [2.24, 2.45) is 0 Å². The molecule has 0 radical (unpaired) electrons. The molecule has 2 aromatic rings. The van der Waals surface area contributed by atoms with Crippen molar-refractivity contribution < 1.29 is 5.11 Å². The Kier molecular flexibility index (Phi) is 3.15. The second-order valence-corrected chi connectivity index (χ2v) is 4.04. The highest BCUT2D eigenvalue weighted by atomic mass is 16.3. The standard InChI is InChI=1S/C13H16N2O/c1-3-10(9(2)16)13-8-14-11-6-4-5-7-12(11)15-13/h4-10,16H,3H2,1-2H3. The summed E-state index contributed by atoms with van der Waals surface area (Å²) in [6.07, 6.45) is 2.24. The monoisotopic (exact) mass is 216 g/mol. The molecule has 2 atom stereocenters. The number of aromatic nitrogens is 2. The van der Waals surface area contributed by atoms with Crippen molar-refractivity contribution in [3.05, 3.63) is 36.2 Å². The minimum atomic E-state index is -0.388. The van der Waals surface area contributed by atoms with Gasteiger partial charge in [0, 0.05) is 12.1 Å². The normalized spacial score (nSPS) is 14.9. The molecular formula is C13H16N2O. The zero-order chi connectivity index (χ0) is 11.5. The molecule has 3 nitrogen and oxygen atoms in total. The minimum Gasteiger partial charge on any atom is -0.393 e. The van der Waals surface area contributed by atoms with Gasteiger partial charge in [-0.3, -0.25) is 4.98 Å². The Bertz CT molecular complexity index is 482. The van der Waals surface area contributed by atoms with E-state index < -0.39 is 0 Å². The van der Waals surface area contributed by atoms with Crippen molar-refractivity contribution in [3.63, 3.8) is 0 Å². The number of para-hydroxylation sites is 2. The first-order chi connectivity index (χ1) is 7.72. The molecule has 0 amide bonds. The Balaban J connectivity index is 2.45. The number of rotatable bonds is 3. The van der Waals surface area contributed by atoms with Crippen molar-refractivity contribution in [1.29, 1.82) is 0 Å². The van der Waals surface area contributed by atoms with Gasteiger partial charge in [0.1, 0.15) is 0 Å². The first-order valence-electron chi connectivity index (χ1n) is 5.62. The Hall–Kier alpha value is -1.48. The summed E-state index contributed by atoms with van der Waals surface area (Å²) in [5.41, 5.74) is 2.65. The molecule has 0 saturated heterocycles. The molecular weight excluding hydrogens is 200 g/mol. The van der Waals surface area contributed by atoms with Crippen LogP contribution in [-0.4, -0.2) is 21.2 Å². The summed E-state index contributed by atoms with van der Waals surface area (Å²) in [5.74, 6) is 0.0668. The lowest BCUT2D eigenvalue weighted by atomic mass is 9.97. The van der Waals surface area contributed by atoms with Gasteiger partial charge >= 0.3 is 0 Å². The van der Waals surface area contributed by atoms with Crippen LogP contribution >= 0.6 is 0 Å². The lowest BCUT2D eigenvalue weighted by Crippen LogP contribution is -2.15. The highest BCUT2D eigenvalue weighted by Gasteiger charge is 2.17. The summed E-state index contributed by atoms with van der Waals surface area (Å²) in [4.78, 5) is 8.90. The quantitative estimate of drug-likeness (QED) is 0.857. The number of aliphatic hydroxyl groups excluding tert-OH is 1. The molecule has 16 heavy (non-hydrogen) atoms. The van der Waals surface area contributed by atoms with Gasteiger partial charge in [0.2, 0.25) is 0 Å². The van der Waals surface area contributed by atoms with Gasteiger partial charge in [-0.1, -0.05) is 19.1 Å². The summed E-state index contributed by atoms with van der Waals surface area (Å²) >= 11 is 0. The van der Waals surface area contributed by atoms with Crippen LogP contribution in [0.4, 0.5) is 0 Å². The Morgan fingerprint density at radius 3 is 2.56 bits per heavy atom. The predicted molar refractivity (Wildman–Crippen MR) is 64.3 cm³/mol. The molecule has 1 N–H and O–H groups in total. The number of aliphatic hydroxyl groups is 1. The van der Waals surface area contributed by atoms with Crippen LogP contribution in [0.3, 0.4) is 0 Å². The summed E-state index contributed by atoms with van der Waals surface area (Å²) in [7, 11) is 0. The van der Waals surface area contributed by atoms with Crippen molar-refractivity contribution in [2.45, 2.75) is 32.3 Å². The number of hydrogen-bond donors (Lipinski definition) is 1. The average molecular weight is 216 g/mol.